The minimum atomic E-state index is -0.00741. The van der Waals surface area contributed by atoms with E-state index in [0.717, 1.165) is 0 Å². The van der Waals surface area contributed by atoms with Crippen LogP contribution in [0.4, 0.5) is 4.79 Å². The Morgan fingerprint density at radius 2 is 1.88 bits per heavy atom. The van der Waals surface area contributed by atoms with Crippen molar-refractivity contribution >= 4 is 6.03 Å². The maximum Gasteiger partial charge on any atom is 0.321 e. The fourth-order valence-corrected chi connectivity index (χ4v) is 2.27. The van der Waals surface area contributed by atoms with E-state index in [-0.39, 0.29) is 18.2 Å². The average Bonchev–Trinajstić information content (AvgIpc) is 3.07. The first-order valence-corrected chi connectivity index (χ1v) is 6.44. The third-order valence-corrected chi connectivity index (χ3v) is 3.35. The Bertz CT molecular complexity index is 313. The molecule has 4 nitrogen and oxygen atoms in total. The molecular weight excluding hydrogens is 216 g/mol. The highest BCUT2D eigenvalue weighted by Crippen LogP contribution is 2.35. The van der Waals surface area contributed by atoms with Gasteiger partial charge in [-0.05, 0) is 39.5 Å². The van der Waals surface area contributed by atoms with Crippen molar-refractivity contribution in [3.05, 3.63) is 11.8 Å². The van der Waals surface area contributed by atoms with Crippen LogP contribution in [0, 0.1) is 5.92 Å². The lowest BCUT2D eigenvalue weighted by atomic mass is 10.2. The summed E-state index contributed by atoms with van der Waals surface area (Å²) in [4.78, 5) is 13.8. The summed E-state index contributed by atoms with van der Waals surface area (Å²) in [5.74, 6) is 0.706. The predicted molar refractivity (Wildman–Crippen MR) is 66.6 cm³/mol. The molecule has 0 spiro atoms. The number of rotatable bonds is 2. The monoisotopic (exact) mass is 238 g/mol. The molecule has 2 amide bonds. The van der Waals surface area contributed by atoms with Crippen LogP contribution in [0.1, 0.15) is 33.6 Å². The van der Waals surface area contributed by atoms with E-state index in [0.29, 0.717) is 19.0 Å². The highest BCUT2D eigenvalue weighted by atomic mass is 16.5. The second-order valence-electron chi connectivity index (χ2n) is 5.27. The zero-order valence-corrected chi connectivity index (χ0v) is 10.9. The molecule has 0 aromatic rings. The number of carbonyl (C=O) groups excluding carboxylic acids is 1. The number of urea groups is 1. The smallest absolute Gasteiger partial charge is 0.321 e. The van der Waals surface area contributed by atoms with E-state index in [1.54, 1.807) is 0 Å². The van der Waals surface area contributed by atoms with Crippen molar-refractivity contribution in [1.82, 2.24) is 10.2 Å². The van der Waals surface area contributed by atoms with Crippen LogP contribution in [0.5, 0.6) is 0 Å². The van der Waals surface area contributed by atoms with Crippen molar-refractivity contribution in [1.29, 1.82) is 0 Å². The van der Waals surface area contributed by atoms with Gasteiger partial charge in [-0.3, -0.25) is 0 Å². The zero-order chi connectivity index (χ0) is 12.4. The third-order valence-electron chi connectivity index (χ3n) is 3.35. The fourth-order valence-electron chi connectivity index (χ4n) is 2.27. The number of hydrogen-bond donors (Lipinski definition) is 1. The largest absolute Gasteiger partial charge is 0.372 e. The van der Waals surface area contributed by atoms with Gasteiger partial charge in [-0.1, -0.05) is 5.57 Å². The highest BCUT2D eigenvalue weighted by Gasteiger charge is 2.26. The Balaban J connectivity index is 1.84. The second kappa shape index (κ2) is 5.08. The standard InChI is InChI=1S/C13H22N2O2/c1-9(12-4-5-12)6-14-13(16)15-7-10(2)17-11(3)8-15/h6,10-12H,4-5,7-8H2,1-3H3,(H,14,16)/b9-6+. The topological polar surface area (TPSA) is 41.6 Å². The van der Waals surface area contributed by atoms with Gasteiger partial charge in [0.25, 0.3) is 0 Å². The quantitative estimate of drug-likeness (QED) is 0.800. The van der Waals surface area contributed by atoms with E-state index in [9.17, 15) is 4.79 Å². The van der Waals surface area contributed by atoms with Crippen LogP contribution in [0.3, 0.4) is 0 Å². The Kier molecular flexibility index (Phi) is 3.72. The Morgan fingerprint density at radius 1 is 1.29 bits per heavy atom. The van der Waals surface area contributed by atoms with Gasteiger partial charge in [-0.25, -0.2) is 4.79 Å². The van der Waals surface area contributed by atoms with E-state index in [1.165, 1.54) is 18.4 Å². The molecule has 0 radical (unpaired) electrons. The van der Waals surface area contributed by atoms with E-state index in [1.807, 2.05) is 24.9 Å². The number of ether oxygens (including phenoxy) is 1. The number of allylic oxidation sites excluding steroid dienone is 1. The van der Waals surface area contributed by atoms with Crippen LogP contribution in [0.15, 0.2) is 11.8 Å². The van der Waals surface area contributed by atoms with Crippen LogP contribution in [-0.2, 0) is 4.74 Å². The first-order chi connectivity index (χ1) is 8.06. The van der Waals surface area contributed by atoms with Gasteiger partial charge >= 0.3 is 6.03 Å². The third kappa shape index (κ3) is 3.46. The zero-order valence-electron chi connectivity index (χ0n) is 10.9. The molecule has 0 aromatic heterocycles. The summed E-state index contributed by atoms with van der Waals surface area (Å²) in [5, 5.41) is 2.88. The van der Waals surface area contributed by atoms with E-state index in [2.05, 4.69) is 12.2 Å². The number of morpholine rings is 1. The van der Waals surface area contributed by atoms with E-state index >= 15 is 0 Å². The number of nitrogens with one attached hydrogen (secondary N) is 1. The van der Waals surface area contributed by atoms with Gasteiger partial charge in [0.15, 0.2) is 0 Å². The average molecular weight is 238 g/mol. The maximum absolute atomic E-state index is 12.0. The van der Waals surface area contributed by atoms with Crippen molar-refractivity contribution in [3.63, 3.8) is 0 Å². The molecular formula is C13H22N2O2. The van der Waals surface area contributed by atoms with Gasteiger partial charge in [0.1, 0.15) is 0 Å². The van der Waals surface area contributed by atoms with Crippen molar-refractivity contribution in [2.45, 2.75) is 45.8 Å². The summed E-state index contributed by atoms with van der Waals surface area (Å²) in [5.41, 5.74) is 1.28. The molecule has 1 saturated heterocycles. The fraction of sp³-hybridized carbons (Fsp3) is 0.769. The van der Waals surface area contributed by atoms with Gasteiger partial charge in [0, 0.05) is 19.3 Å². The van der Waals surface area contributed by atoms with Gasteiger partial charge in [-0.2, -0.15) is 0 Å². The molecule has 1 saturated carbocycles. The molecule has 2 rings (SSSR count). The summed E-state index contributed by atoms with van der Waals surface area (Å²) in [6, 6.07) is -0.00741. The van der Waals surface area contributed by atoms with Crippen LogP contribution in [-0.4, -0.2) is 36.2 Å². The van der Waals surface area contributed by atoms with Crippen LogP contribution >= 0.6 is 0 Å². The molecule has 2 aliphatic rings. The molecule has 2 atom stereocenters. The molecule has 17 heavy (non-hydrogen) atoms. The number of nitrogens with zero attached hydrogens (tertiary/aromatic N) is 1. The maximum atomic E-state index is 12.0. The van der Waals surface area contributed by atoms with Gasteiger partial charge in [0.05, 0.1) is 12.2 Å². The number of hydrogen-bond acceptors (Lipinski definition) is 2. The summed E-state index contributed by atoms with van der Waals surface area (Å²) < 4.78 is 5.60. The summed E-state index contributed by atoms with van der Waals surface area (Å²) >= 11 is 0. The minimum Gasteiger partial charge on any atom is -0.372 e. The van der Waals surface area contributed by atoms with Crippen LogP contribution in [0.25, 0.3) is 0 Å². The molecule has 1 heterocycles. The van der Waals surface area contributed by atoms with Crippen LogP contribution < -0.4 is 5.32 Å². The van der Waals surface area contributed by atoms with Gasteiger partial charge in [-0.15, -0.1) is 0 Å². The highest BCUT2D eigenvalue weighted by molar-refractivity contribution is 5.75. The molecule has 1 aliphatic heterocycles. The minimum absolute atomic E-state index is 0.00741. The molecule has 96 valence electrons. The number of carbonyl (C=O) groups is 1. The van der Waals surface area contributed by atoms with E-state index < -0.39 is 0 Å². The predicted octanol–water partition coefficient (Wildman–Crippen LogP) is 2.12. The molecule has 1 aliphatic carbocycles. The Morgan fingerprint density at radius 3 is 2.41 bits per heavy atom. The lowest BCUT2D eigenvalue weighted by Gasteiger charge is -2.35. The Hall–Kier alpha value is -1.03. The SMILES string of the molecule is C/C(=C\NC(=O)N1CC(C)OC(C)C1)C1CC1. The normalized spacial score (nSPS) is 30.3. The molecule has 0 aromatic carbocycles. The molecule has 4 heteroatoms. The molecule has 2 fully saturated rings. The van der Waals surface area contributed by atoms with E-state index in [4.69, 9.17) is 4.74 Å². The summed E-state index contributed by atoms with van der Waals surface area (Å²) in [6.45, 7) is 7.43. The van der Waals surface area contributed by atoms with Crippen LogP contribution in [0.2, 0.25) is 0 Å². The second-order valence-corrected chi connectivity index (χ2v) is 5.27. The summed E-state index contributed by atoms with van der Waals surface area (Å²) in [7, 11) is 0. The summed E-state index contributed by atoms with van der Waals surface area (Å²) in [6.07, 6.45) is 4.65. The lowest BCUT2D eigenvalue weighted by molar-refractivity contribution is -0.0542. The van der Waals surface area contributed by atoms with Crippen molar-refractivity contribution in [2.24, 2.45) is 5.92 Å². The van der Waals surface area contributed by atoms with Gasteiger partial charge in [0.2, 0.25) is 0 Å². The van der Waals surface area contributed by atoms with Crippen molar-refractivity contribution < 1.29 is 9.53 Å². The molecule has 1 N–H and O–H groups in total. The van der Waals surface area contributed by atoms with Gasteiger partial charge < -0.3 is 15.0 Å². The first kappa shape index (κ1) is 12.4. The lowest BCUT2D eigenvalue weighted by Crippen LogP contribution is -2.50. The first-order valence-electron chi connectivity index (χ1n) is 6.44. The van der Waals surface area contributed by atoms with Crippen molar-refractivity contribution in [3.8, 4) is 0 Å². The Labute approximate surface area is 103 Å². The molecule has 2 unspecified atom stereocenters. The molecule has 0 bridgehead atoms. The van der Waals surface area contributed by atoms with Crippen molar-refractivity contribution in [2.75, 3.05) is 13.1 Å². The number of amides is 2.